The second-order valence-corrected chi connectivity index (χ2v) is 4.65. The molecule has 2 heterocycles. The van der Waals surface area contributed by atoms with Crippen molar-refractivity contribution in [3.8, 4) is 6.07 Å². The van der Waals surface area contributed by atoms with Crippen LogP contribution in [0.4, 0.5) is 5.82 Å². The van der Waals surface area contributed by atoms with Crippen LogP contribution in [-0.4, -0.2) is 48.8 Å². The van der Waals surface area contributed by atoms with Crippen LogP contribution < -0.4 is 5.32 Å². The number of aromatic nitrogens is 1. The molecule has 1 saturated heterocycles. The second kappa shape index (κ2) is 5.80. The van der Waals surface area contributed by atoms with E-state index in [-0.39, 0.29) is 12.1 Å². The fraction of sp³-hybridized carbons (Fsp3) is 0.538. The molecule has 1 N–H and O–H groups in total. The molecule has 2 unspecified atom stereocenters. The quantitative estimate of drug-likeness (QED) is 0.865. The van der Waals surface area contributed by atoms with Gasteiger partial charge in [-0.25, -0.2) is 4.98 Å². The van der Waals surface area contributed by atoms with Gasteiger partial charge in [0.15, 0.2) is 0 Å². The first-order valence-corrected chi connectivity index (χ1v) is 6.12. The summed E-state index contributed by atoms with van der Waals surface area (Å²) in [5.74, 6) is 0.776. The maximum atomic E-state index is 8.71. The molecule has 2 rings (SSSR count). The summed E-state index contributed by atoms with van der Waals surface area (Å²) in [6.45, 7) is 4.76. The number of hydrogen-bond donors (Lipinski definition) is 1. The lowest BCUT2D eigenvalue weighted by Gasteiger charge is -2.34. The fourth-order valence-electron chi connectivity index (χ4n) is 1.99. The average Bonchev–Trinajstić information content (AvgIpc) is 2.39. The van der Waals surface area contributed by atoms with E-state index in [1.165, 1.54) is 0 Å². The number of likely N-dealkylation sites (N-methyl/N-ethyl adjacent to an activating group) is 1. The zero-order valence-corrected chi connectivity index (χ0v) is 10.8. The Kier molecular flexibility index (Phi) is 4.13. The first-order valence-electron chi connectivity index (χ1n) is 6.12. The van der Waals surface area contributed by atoms with Crippen molar-refractivity contribution in [1.82, 2.24) is 9.88 Å². The zero-order chi connectivity index (χ0) is 13.0. The molecule has 5 nitrogen and oxygen atoms in total. The van der Waals surface area contributed by atoms with Gasteiger partial charge >= 0.3 is 0 Å². The van der Waals surface area contributed by atoms with Gasteiger partial charge in [0.25, 0.3) is 0 Å². The normalized spacial score (nSPS) is 22.2. The van der Waals surface area contributed by atoms with Gasteiger partial charge in [0.2, 0.25) is 0 Å². The Hall–Kier alpha value is -1.64. The molecule has 1 aliphatic rings. The molecule has 0 bridgehead atoms. The lowest BCUT2D eigenvalue weighted by molar-refractivity contribution is -0.0259. The Morgan fingerprint density at radius 2 is 2.44 bits per heavy atom. The van der Waals surface area contributed by atoms with Gasteiger partial charge in [0, 0.05) is 19.3 Å². The highest BCUT2D eigenvalue weighted by atomic mass is 16.5. The molecule has 0 amide bonds. The maximum Gasteiger partial charge on any atom is 0.126 e. The summed E-state index contributed by atoms with van der Waals surface area (Å²) in [6.07, 6.45) is 1.74. The average molecular weight is 246 g/mol. The van der Waals surface area contributed by atoms with Crippen LogP contribution in [0.25, 0.3) is 0 Å². The van der Waals surface area contributed by atoms with Crippen molar-refractivity contribution in [2.75, 3.05) is 32.1 Å². The van der Waals surface area contributed by atoms with Crippen molar-refractivity contribution in [2.45, 2.75) is 19.1 Å². The highest BCUT2D eigenvalue weighted by Gasteiger charge is 2.23. The molecule has 96 valence electrons. The van der Waals surface area contributed by atoms with Gasteiger partial charge < -0.3 is 15.0 Å². The van der Waals surface area contributed by atoms with Gasteiger partial charge in [0.05, 0.1) is 24.3 Å². The number of pyridine rings is 1. The van der Waals surface area contributed by atoms with Crippen LogP contribution in [-0.2, 0) is 4.74 Å². The predicted octanol–water partition coefficient (Wildman–Crippen LogP) is 1.08. The number of ether oxygens (including phenoxy) is 1. The molecular formula is C13H18N4O. The lowest BCUT2D eigenvalue weighted by atomic mass is 10.1. The van der Waals surface area contributed by atoms with Crippen LogP contribution >= 0.6 is 0 Å². The number of nitriles is 1. The molecule has 0 aromatic carbocycles. The van der Waals surface area contributed by atoms with E-state index in [9.17, 15) is 0 Å². The molecule has 1 aromatic heterocycles. The van der Waals surface area contributed by atoms with Crippen LogP contribution in [0.1, 0.15) is 12.5 Å². The largest absolute Gasteiger partial charge is 0.373 e. The monoisotopic (exact) mass is 246 g/mol. The Labute approximate surface area is 107 Å². The summed E-state index contributed by atoms with van der Waals surface area (Å²) in [7, 11) is 2.10. The van der Waals surface area contributed by atoms with Crippen molar-refractivity contribution in [1.29, 1.82) is 5.26 Å². The van der Waals surface area contributed by atoms with Crippen molar-refractivity contribution in [3.05, 3.63) is 23.9 Å². The molecule has 0 saturated carbocycles. The van der Waals surface area contributed by atoms with Crippen molar-refractivity contribution >= 4 is 5.82 Å². The number of nitrogens with one attached hydrogen (secondary N) is 1. The summed E-state index contributed by atoms with van der Waals surface area (Å²) in [5, 5.41) is 12.0. The van der Waals surface area contributed by atoms with Gasteiger partial charge in [-0.1, -0.05) is 0 Å². The molecule has 1 fully saturated rings. The van der Waals surface area contributed by atoms with Crippen molar-refractivity contribution in [2.24, 2.45) is 0 Å². The van der Waals surface area contributed by atoms with E-state index in [0.29, 0.717) is 5.56 Å². The van der Waals surface area contributed by atoms with Crippen LogP contribution in [0.3, 0.4) is 0 Å². The molecule has 0 aliphatic carbocycles. The standard InChI is InChI=1S/C13H18N4O/c1-10(12-9-17(2)5-6-18-12)16-13-4-3-11(7-14)8-15-13/h3-4,8,10,12H,5-6,9H2,1-2H3,(H,15,16). The van der Waals surface area contributed by atoms with Crippen LogP contribution in [0.2, 0.25) is 0 Å². The minimum atomic E-state index is 0.168. The molecule has 5 heteroatoms. The van der Waals surface area contributed by atoms with E-state index in [2.05, 4.69) is 35.2 Å². The van der Waals surface area contributed by atoms with Gasteiger partial charge in [-0.2, -0.15) is 5.26 Å². The van der Waals surface area contributed by atoms with E-state index >= 15 is 0 Å². The van der Waals surface area contributed by atoms with E-state index in [0.717, 1.165) is 25.5 Å². The zero-order valence-electron chi connectivity index (χ0n) is 10.8. The molecule has 0 radical (unpaired) electrons. The molecule has 18 heavy (non-hydrogen) atoms. The third-order valence-corrected chi connectivity index (χ3v) is 3.12. The molecule has 0 spiro atoms. The maximum absolute atomic E-state index is 8.71. The summed E-state index contributed by atoms with van der Waals surface area (Å²) >= 11 is 0. The highest BCUT2D eigenvalue weighted by molar-refractivity contribution is 5.39. The van der Waals surface area contributed by atoms with Crippen LogP contribution in [0.15, 0.2) is 18.3 Å². The fourth-order valence-corrected chi connectivity index (χ4v) is 1.99. The van der Waals surface area contributed by atoms with Crippen LogP contribution in [0.5, 0.6) is 0 Å². The number of hydrogen-bond acceptors (Lipinski definition) is 5. The first-order chi connectivity index (χ1) is 8.69. The second-order valence-electron chi connectivity index (χ2n) is 4.65. The topological polar surface area (TPSA) is 61.2 Å². The lowest BCUT2D eigenvalue weighted by Crippen LogP contribution is -2.47. The van der Waals surface area contributed by atoms with Crippen molar-refractivity contribution < 1.29 is 4.74 Å². The number of nitrogens with zero attached hydrogens (tertiary/aromatic N) is 3. The number of rotatable bonds is 3. The van der Waals surface area contributed by atoms with E-state index in [1.54, 1.807) is 12.3 Å². The van der Waals surface area contributed by atoms with E-state index in [4.69, 9.17) is 10.00 Å². The SMILES string of the molecule is CC(Nc1ccc(C#N)cn1)C1CN(C)CCO1. The van der Waals surface area contributed by atoms with Crippen LogP contribution in [0, 0.1) is 11.3 Å². The van der Waals surface area contributed by atoms with Gasteiger partial charge in [-0.3, -0.25) is 0 Å². The summed E-state index contributed by atoms with van der Waals surface area (Å²) in [4.78, 5) is 6.46. The first kappa shape index (κ1) is 12.8. The van der Waals surface area contributed by atoms with E-state index < -0.39 is 0 Å². The van der Waals surface area contributed by atoms with Gasteiger partial charge in [0.1, 0.15) is 11.9 Å². The predicted molar refractivity (Wildman–Crippen MR) is 69.3 cm³/mol. The third-order valence-electron chi connectivity index (χ3n) is 3.12. The third kappa shape index (κ3) is 3.19. The number of anilines is 1. The molecular weight excluding hydrogens is 228 g/mol. The highest BCUT2D eigenvalue weighted by Crippen LogP contribution is 2.12. The smallest absolute Gasteiger partial charge is 0.126 e. The molecule has 1 aromatic rings. The minimum Gasteiger partial charge on any atom is -0.373 e. The molecule has 2 atom stereocenters. The Morgan fingerprint density at radius 1 is 1.61 bits per heavy atom. The summed E-state index contributed by atoms with van der Waals surface area (Å²) in [6, 6.07) is 5.82. The van der Waals surface area contributed by atoms with Crippen molar-refractivity contribution in [3.63, 3.8) is 0 Å². The summed E-state index contributed by atoms with van der Waals surface area (Å²) in [5.41, 5.74) is 0.571. The Balaban J connectivity index is 1.93. The molecule has 1 aliphatic heterocycles. The summed E-state index contributed by atoms with van der Waals surface area (Å²) < 4.78 is 5.74. The van der Waals surface area contributed by atoms with E-state index in [1.807, 2.05) is 6.07 Å². The Bertz CT molecular complexity index is 426. The minimum absolute atomic E-state index is 0.168. The Morgan fingerprint density at radius 3 is 3.06 bits per heavy atom. The van der Waals surface area contributed by atoms with Gasteiger partial charge in [-0.15, -0.1) is 0 Å². The number of morpholine rings is 1. The van der Waals surface area contributed by atoms with Gasteiger partial charge in [-0.05, 0) is 26.1 Å².